The van der Waals surface area contributed by atoms with Crippen molar-refractivity contribution >= 4 is 23.0 Å². The molecule has 0 unspecified atom stereocenters. The quantitative estimate of drug-likeness (QED) is 0.371. The van der Waals surface area contributed by atoms with Crippen molar-refractivity contribution in [3.8, 4) is 11.4 Å². The molecule has 5 rings (SSSR count). The average Bonchev–Trinajstić information content (AvgIpc) is 3.34. The Labute approximate surface area is 203 Å². The molecule has 172 valence electrons. The number of hydrogen-bond acceptors (Lipinski definition) is 3. The van der Waals surface area contributed by atoms with Gasteiger partial charge in [0.2, 0.25) is 0 Å². The van der Waals surface area contributed by atoms with Gasteiger partial charge in [0.05, 0.1) is 24.9 Å². The van der Waals surface area contributed by atoms with Gasteiger partial charge in [-0.1, -0.05) is 18.2 Å². The summed E-state index contributed by atoms with van der Waals surface area (Å²) in [7, 11) is 1.65. The summed E-state index contributed by atoms with van der Waals surface area (Å²) < 4.78 is 21.6. The molecule has 7 heteroatoms. The van der Waals surface area contributed by atoms with Gasteiger partial charge in [0, 0.05) is 35.0 Å². The van der Waals surface area contributed by atoms with Gasteiger partial charge in [-0.15, -0.1) is 0 Å². The third-order valence-corrected chi connectivity index (χ3v) is 6.60. The summed E-state index contributed by atoms with van der Waals surface area (Å²) in [5.74, 6) is 0.491. The predicted octanol–water partition coefficient (Wildman–Crippen LogP) is 5.81. The summed E-state index contributed by atoms with van der Waals surface area (Å²) in [5, 5.41) is 4.11. The summed E-state index contributed by atoms with van der Waals surface area (Å²) in [6, 6.07) is 22.3. The van der Waals surface area contributed by atoms with Gasteiger partial charge >= 0.3 is 0 Å². The van der Waals surface area contributed by atoms with Crippen molar-refractivity contribution in [3.63, 3.8) is 0 Å². The molecule has 34 heavy (non-hydrogen) atoms. The molecule has 0 spiro atoms. The predicted molar refractivity (Wildman–Crippen MR) is 136 cm³/mol. The third kappa shape index (κ3) is 3.82. The highest BCUT2D eigenvalue weighted by Gasteiger charge is 2.42. The first-order chi connectivity index (χ1) is 16.5. The summed E-state index contributed by atoms with van der Waals surface area (Å²) in [5.41, 5.74) is 5.74. The lowest BCUT2D eigenvalue weighted by atomic mass is 9.96. The molecule has 1 aliphatic heterocycles. The lowest BCUT2D eigenvalue weighted by Crippen LogP contribution is -2.29. The number of nitrogens with one attached hydrogen (secondary N) is 1. The van der Waals surface area contributed by atoms with E-state index in [0.717, 1.165) is 39.8 Å². The number of aryl methyl sites for hydroxylation is 1. The maximum Gasteiger partial charge on any atom is 0.174 e. The summed E-state index contributed by atoms with van der Waals surface area (Å²) in [6.45, 7) is 4.10. The Balaban J connectivity index is 1.69. The van der Waals surface area contributed by atoms with Gasteiger partial charge < -0.3 is 19.5 Å². The van der Waals surface area contributed by atoms with E-state index in [0.29, 0.717) is 5.11 Å². The van der Waals surface area contributed by atoms with Crippen LogP contribution in [0.5, 0.6) is 5.75 Å². The number of anilines is 1. The van der Waals surface area contributed by atoms with Crippen molar-refractivity contribution < 1.29 is 9.13 Å². The van der Waals surface area contributed by atoms with Gasteiger partial charge in [-0.05, 0) is 80.2 Å². The molecular weight excluding hydrogens is 447 g/mol. The van der Waals surface area contributed by atoms with Crippen molar-refractivity contribution in [1.82, 2.24) is 14.9 Å². The van der Waals surface area contributed by atoms with Crippen LogP contribution in [0.1, 0.15) is 34.7 Å². The Morgan fingerprint density at radius 3 is 2.50 bits per heavy atom. The molecule has 4 aromatic rings. The molecule has 1 aliphatic rings. The molecule has 0 aliphatic carbocycles. The first-order valence-electron chi connectivity index (χ1n) is 11.1. The van der Waals surface area contributed by atoms with E-state index in [4.69, 9.17) is 17.0 Å². The van der Waals surface area contributed by atoms with Crippen molar-refractivity contribution in [3.05, 3.63) is 107 Å². The smallest absolute Gasteiger partial charge is 0.174 e. The Hall–Kier alpha value is -3.71. The van der Waals surface area contributed by atoms with E-state index in [9.17, 15) is 4.39 Å². The van der Waals surface area contributed by atoms with E-state index in [1.165, 1.54) is 6.07 Å². The fourth-order valence-corrected chi connectivity index (χ4v) is 5.15. The summed E-state index contributed by atoms with van der Waals surface area (Å²) in [4.78, 5) is 6.75. The second-order valence-electron chi connectivity index (χ2n) is 8.34. The highest BCUT2D eigenvalue weighted by Crippen LogP contribution is 2.44. The van der Waals surface area contributed by atoms with E-state index in [2.05, 4.69) is 32.8 Å². The number of thiocarbonyl (C=S) groups is 1. The number of halogens is 1. The maximum absolute atomic E-state index is 14.0. The van der Waals surface area contributed by atoms with Crippen LogP contribution in [0.25, 0.3) is 5.69 Å². The average molecular weight is 473 g/mol. The first kappa shape index (κ1) is 22.1. The highest BCUT2D eigenvalue weighted by atomic mass is 32.1. The van der Waals surface area contributed by atoms with Crippen LogP contribution in [0.2, 0.25) is 0 Å². The van der Waals surface area contributed by atoms with Gasteiger partial charge in [-0.3, -0.25) is 4.98 Å². The minimum absolute atomic E-state index is 0.164. The van der Waals surface area contributed by atoms with E-state index in [1.54, 1.807) is 25.4 Å². The van der Waals surface area contributed by atoms with E-state index >= 15 is 0 Å². The number of pyridine rings is 1. The molecule has 2 atom stereocenters. The molecule has 1 N–H and O–H groups in total. The molecule has 1 saturated heterocycles. The number of methoxy groups -OCH3 is 1. The maximum atomic E-state index is 14.0. The number of aromatic nitrogens is 2. The molecule has 2 aromatic heterocycles. The number of nitrogens with zero attached hydrogens (tertiary/aromatic N) is 3. The van der Waals surface area contributed by atoms with Crippen molar-refractivity contribution in [2.24, 2.45) is 0 Å². The minimum atomic E-state index is -0.264. The number of ether oxygens (including phenoxy) is 1. The highest BCUT2D eigenvalue weighted by molar-refractivity contribution is 7.80. The number of rotatable bonds is 5. The molecule has 0 amide bonds. The SMILES string of the molecule is COc1cccc(N2C(=S)N[C@H](c3ccccn3)[C@H]2c2cc(C)n(-c3cccc(F)c3)c2C)c1. The lowest BCUT2D eigenvalue weighted by molar-refractivity contribution is 0.415. The van der Waals surface area contributed by atoms with Gasteiger partial charge in [0.1, 0.15) is 11.6 Å². The van der Waals surface area contributed by atoms with Crippen LogP contribution in [-0.4, -0.2) is 21.8 Å². The van der Waals surface area contributed by atoms with E-state index in [-0.39, 0.29) is 17.9 Å². The number of hydrogen-bond donors (Lipinski definition) is 1. The first-order valence-corrected chi connectivity index (χ1v) is 11.5. The van der Waals surface area contributed by atoms with Crippen molar-refractivity contribution in [1.29, 1.82) is 0 Å². The molecule has 0 radical (unpaired) electrons. The topological polar surface area (TPSA) is 42.3 Å². The largest absolute Gasteiger partial charge is 0.497 e. The molecular formula is C27H25FN4OS. The zero-order chi connectivity index (χ0) is 23.8. The van der Waals surface area contributed by atoms with Gasteiger partial charge in [-0.2, -0.15) is 0 Å². The number of benzene rings is 2. The van der Waals surface area contributed by atoms with Crippen LogP contribution in [-0.2, 0) is 0 Å². The van der Waals surface area contributed by atoms with E-state index in [1.807, 2.05) is 55.5 Å². The zero-order valence-corrected chi connectivity index (χ0v) is 20.0. The lowest BCUT2D eigenvalue weighted by Gasteiger charge is -2.28. The van der Waals surface area contributed by atoms with Crippen LogP contribution in [0.3, 0.4) is 0 Å². The monoisotopic (exact) mass is 472 g/mol. The summed E-state index contributed by atoms with van der Waals surface area (Å²) >= 11 is 5.84. The minimum Gasteiger partial charge on any atom is -0.497 e. The summed E-state index contributed by atoms with van der Waals surface area (Å²) in [6.07, 6.45) is 1.79. The van der Waals surface area contributed by atoms with Crippen LogP contribution in [0, 0.1) is 19.7 Å². The Morgan fingerprint density at radius 1 is 0.971 bits per heavy atom. The van der Waals surface area contributed by atoms with Crippen LogP contribution in [0.4, 0.5) is 10.1 Å². The van der Waals surface area contributed by atoms with Crippen molar-refractivity contribution in [2.45, 2.75) is 25.9 Å². The Kier molecular flexibility index (Phi) is 5.79. The van der Waals surface area contributed by atoms with Crippen LogP contribution >= 0.6 is 12.2 Å². The Bertz CT molecular complexity index is 1350. The molecule has 0 saturated carbocycles. The normalized spacial score (nSPS) is 17.6. The van der Waals surface area contributed by atoms with E-state index < -0.39 is 0 Å². The molecule has 1 fully saturated rings. The zero-order valence-electron chi connectivity index (χ0n) is 19.2. The fourth-order valence-electron chi connectivity index (χ4n) is 4.81. The standard InChI is InChI=1S/C27H25FN4OS/c1-17-14-23(18(2)31(17)20-9-6-8-19(28)15-20)26-25(24-12-4-5-13-29-24)30-27(34)32(26)21-10-7-11-22(16-21)33-3/h4-16,25-26H,1-3H3,(H,30,34)/t25-,26-/m1/s1. The molecule has 5 nitrogen and oxygen atoms in total. The van der Waals surface area contributed by atoms with Crippen LogP contribution in [0.15, 0.2) is 79.0 Å². The van der Waals surface area contributed by atoms with Crippen molar-refractivity contribution in [2.75, 3.05) is 12.0 Å². The molecule has 0 bridgehead atoms. The second-order valence-corrected chi connectivity index (χ2v) is 8.73. The second kappa shape index (κ2) is 8.91. The fraction of sp³-hybridized carbons (Fsp3) is 0.185. The van der Waals surface area contributed by atoms with Crippen LogP contribution < -0.4 is 15.0 Å². The van der Waals surface area contributed by atoms with Gasteiger partial charge in [0.25, 0.3) is 0 Å². The molecule has 2 aromatic carbocycles. The van der Waals surface area contributed by atoms with Gasteiger partial charge in [-0.25, -0.2) is 4.39 Å². The van der Waals surface area contributed by atoms with Gasteiger partial charge in [0.15, 0.2) is 5.11 Å². The third-order valence-electron chi connectivity index (χ3n) is 6.28. The molecule has 3 heterocycles. The Morgan fingerprint density at radius 2 is 1.76 bits per heavy atom.